The monoisotopic (exact) mass is 632 g/mol. The van der Waals surface area contributed by atoms with Crippen molar-refractivity contribution in [2.75, 3.05) is 61.3 Å². The standard InChI is InChI=1S/C14H27Br2Cl3O7P2/c15-4-9-24-28(20,25-12-7-19)26-14(13-16)3-1-2-8-21-27(22-10-5-17)23-11-6-18/h14H,1-13H2. The van der Waals surface area contributed by atoms with Gasteiger partial charge in [0.25, 0.3) is 0 Å². The fourth-order valence-corrected chi connectivity index (χ4v) is 5.65. The van der Waals surface area contributed by atoms with Crippen molar-refractivity contribution in [2.24, 2.45) is 0 Å². The summed E-state index contributed by atoms with van der Waals surface area (Å²) in [5.74, 6) is 0.918. The molecule has 0 aliphatic heterocycles. The maximum atomic E-state index is 12.6. The Hall–Kier alpha value is 2.25. The van der Waals surface area contributed by atoms with Crippen LogP contribution in [0.5, 0.6) is 0 Å². The minimum absolute atomic E-state index is 0.0815. The summed E-state index contributed by atoms with van der Waals surface area (Å²) in [4.78, 5) is 0. The molecule has 0 aromatic heterocycles. The van der Waals surface area contributed by atoms with Gasteiger partial charge in [0, 0.05) is 28.3 Å². The van der Waals surface area contributed by atoms with E-state index in [-0.39, 0.29) is 25.2 Å². The Morgan fingerprint density at radius 1 is 0.821 bits per heavy atom. The summed E-state index contributed by atoms with van der Waals surface area (Å²) in [6.45, 7) is 1.43. The van der Waals surface area contributed by atoms with Gasteiger partial charge in [-0.15, -0.1) is 34.8 Å². The molecule has 0 N–H and O–H groups in total. The van der Waals surface area contributed by atoms with Gasteiger partial charge in [0.1, 0.15) is 0 Å². The number of halogens is 5. The second-order valence-corrected chi connectivity index (χ2v) is 10.4. The van der Waals surface area contributed by atoms with Crippen LogP contribution < -0.4 is 0 Å². The first kappa shape index (κ1) is 30.2. The molecule has 0 rings (SSSR count). The number of alkyl halides is 5. The Balaban J connectivity index is 4.26. The lowest BCUT2D eigenvalue weighted by atomic mass is 10.2. The lowest BCUT2D eigenvalue weighted by molar-refractivity contribution is 0.0889. The molecule has 0 aromatic carbocycles. The van der Waals surface area contributed by atoms with Crippen LogP contribution in [0.1, 0.15) is 19.3 Å². The molecule has 0 amide bonds. The molecule has 28 heavy (non-hydrogen) atoms. The largest absolute Gasteiger partial charge is 0.475 e. The smallest absolute Gasteiger partial charge is 0.312 e. The van der Waals surface area contributed by atoms with Gasteiger partial charge in [-0.25, -0.2) is 4.57 Å². The van der Waals surface area contributed by atoms with E-state index in [0.717, 1.165) is 12.8 Å². The van der Waals surface area contributed by atoms with Crippen LogP contribution in [0.25, 0.3) is 0 Å². The van der Waals surface area contributed by atoms with Gasteiger partial charge in [-0.3, -0.25) is 13.6 Å². The van der Waals surface area contributed by atoms with Crippen molar-refractivity contribution in [1.29, 1.82) is 0 Å². The van der Waals surface area contributed by atoms with Gasteiger partial charge < -0.3 is 13.6 Å². The molecular formula is C14H27Br2Cl3O7P2. The average Bonchev–Trinajstić information content (AvgIpc) is 2.71. The van der Waals surface area contributed by atoms with E-state index in [4.69, 9.17) is 61.9 Å². The van der Waals surface area contributed by atoms with Gasteiger partial charge >= 0.3 is 16.4 Å². The Bertz CT molecular complexity index is 386. The lowest BCUT2D eigenvalue weighted by Gasteiger charge is -2.22. The van der Waals surface area contributed by atoms with E-state index in [1.807, 2.05) is 0 Å². The van der Waals surface area contributed by atoms with Gasteiger partial charge in [0.05, 0.1) is 39.1 Å². The predicted molar refractivity (Wildman–Crippen MR) is 123 cm³/mol. The first-order valence-electron chi connectivity index (χ1n) is 8.61. The van der Waals surface area contributed by atoms with Crippen LogP contribution in [-0.4, -0.2) is 67.4 Å². The van der Waals surface area contributed by atoms with Crippen molar-refractivity contribution < 1.29 is 31.7 Å². The van der Waals surface area contributed by atoms with Gasteiger partial charge in [0.2, 0.25) is 0 Å². The Labute approximate surface area is 200 Å². The second-order valence-electron chi connectivity index (χ2n) is 4.97. The molecule has 0 aromatic rings. The highest BCUT2D eigenvalue weighted by Gasteiger charge is 2.30. The third kappa shape index (κ3) is 16.9. The summed E-state index contributed by atoms with van der Waals surface area (Å²) >= 11 is 23.4. The first-order chi connectivity index (χ1) is 13.5. The van der Waals surface area contributed by atoms with Gasteiger partial charge in [0.15, 0.2) is 0 Å². The van der Waals surface area contributed by atoms with Gasteiger partial charge in [-0.1, -0.05) is 31.9 Å². The third-order valence-electron chi connectivity index (χ3n) is 2.77. The zero-order valence-electron chi connectivity index (χ0n) is 15.4. The summed E-state index contributed by atoms with van der Waals surface area (Å²) in [6.07, 6.45) is 1.83. The van der Waals surface area contributed by atoms with Crippen molar-refractivity contribution in [3.8, 4) is 0 Å². The van der Waals surface area contributed by atoms with Crippen LogP contribution in [0, 0.1) is 0 Å². The Morgan fingerprint density at radius 3 is 1.93 bits per heavy atom. The SMILES string of the molecule is O=P(OCCCl)(OCCBr)OC(CBr)CCCCOP(OCCCl)OCCCl. The van der Waals surface area contributed by atoms with Crippen molar-refractivity contribution in [1.82, 2.24) is 0 Å². The molecule has 170 valence electrons. The second kappa shape index (κ2) is 21.1. The van der Waals surface area contributed by atoms with Crippen molar-refractivity contribution in [3.63, 3.8) is 0 Å². The van der Waals surface area contributed by atoms with Crippen LogP contribution in [0.3, 0.4) is 0 Å². The molecule has 7 nitrogen and oxygen atoms in total. The van der Waals surface area contributed by atoms with E-state index in [9.17, 15) is 4.57 Å². The van der Waals surface area contributed by atoms with E-state index >= 15 is 0 Å². The Kier molecular flexibility index (Phi) is 22.8. The third-order valence-corrected chi connectivity index (χ3v) is 7.01. The molecule has 0 spiro atoms. The van der Waals surface area contributed by atoms with Gasteiger partial charge in [-0.2, -0.15) is 0 Å². The van der Waals surface area contributed by atoms with Gasteiger partial charge in [-0.05, 0) is 19.3 Å². The summed E-state index contributed by atoms with van der Waals surface area (Å²) < 4.78 is 45.1. The van der Waals surface area contributed by atoms with Crippen LogP contribution in [0.4, 0.5) is 0 Å². The maximum absolute atomic E-state index is 12.6. The first-order valence-corrected chi connectivity index (χ1v) is 15.0. The molecule has 0 saturated heterocycles. The zero-order chi connectivity index (χ0) is 21.1. The Morgan fingerprint density at radius 2 is 1.39 bits per heavy atom. The summed E-state index contributed by atoms with van der Waals surface area (Å²) in [5.41, 5.74) is 0. The molecule has 0 bridgehead atoms. The number of phosphoric acid groups is 1. The molecule has 0 fully saturated rings. The van der Waals surface area contributed by atoms with Crippen molar-refractivity contribution in [3.05, 3.63) is 0 Å². The maximum Gasteiger partial charge on any atom is 0.475 e. The number of hydrogen-bond donors (Lipinski definition) is 0. The summed E-state index contributed by atoms with van der Waals surface area (Å²) in [5, 5.41) is 1.01. The number of unbranched alkanes of at least 4 members (excludes halogenated alkanes) is 1. The minimum atomic E-state index is -3.66. The molecule has 0 radical (unpaired) electrons. The molecular weight excluding hydrogens is 608 g/mol. The molecule has 2 unspecified atom stereocenters. The molecule has 0 saturated carbocycles. The topological polar surface area (TPSA) is 72.5 Å². The minimum Gasteiger partial charge on any atom is -0.312 e. The average molecular weight is 635 g/mol. The molecule has 0 aliphatic carbocycles. The quantitative estimate of drug-likeness (QED) is 0.0814. The number of phosphoric ester groups is 1. The van der Waals surface area contributed by atoms with Crippen molar-refractivity contribution in [2.45, 2.75) is 25.4 Å². The van der Waals surface area contributed by atoms with E-state index in [0.29, 0.717) is 48.7 Å². The van der Waals surface area contributed by atoms with E-state index in [1.54, 1.807) is 0 Å². The zero-order valence-corrected chi connectivity index (χ0v) is 22.6. The molecule has 2 atom stereocenters. The van der Waals surface area contributed by atoms with Crippen LogP contribution >= 0.6 is 83.1 Å². The van der Waals surface area contributed by atoms with E-state index in [2.05, 4.69) is 31.9 Å². The predicted octanol–water partition coefficient (Wildman–Crippen LogP) is 6.47. The van der Waals surface area contributed by atoms with E-state index < -0.39 is 16.4 Å². The molecule has 0 heterocycles. The molecule has 14 heteroatoms. The van der Waals surface area contributed by atoms with Crippen LogP contribution in [0.2, 0.25) is 0 Å². The fourth-order valence-electron chi connectivity index (χ4n) is 1.67. The summed E-state index contributed by atoms with van der Waals surface area (Å²) in [6, 6.07) is 0. The lowest BCUT2D eigenvalue weighted by Crippen LogP contribution is -2.16. The fraction of sp³-hybridized carbons (Fsp3) is 1.00. The normalized spacial score (nSPS) is 15.1. The highest BCUT2D eigenvalue weighted by molar-refractivity contribution is 9.09. The number of rotatable bonds is 21. The van der Waals surface area contributed by atoms with Crippen LogP contribution in [0.15, 0.2) is 0 Å². The van der Waals surface area contributed by atoms with Crippen molar-refractivity contribution >= 4 is 83.1 Å². The highest BCUT2D eigenvalue weighted by Crippen LogP contribution is 2.51. The highest BCUT2D eigenvalue weighted by atomic mass is 79.9. The molecule has 0 aliphatic rings. The van der Waals surface area contributed by atoms with Crippen LogP contribution in [-0.2, 0) is 31.7 Å². The summed E-state index contributed by atoms with van der Waals surface area (Å²) in [7, 11) is -5.11. The van der Waals surface area contributed by atoms with E-state index in [1.165, 1.54) is 0 Å². The number of hydrogen-bond acceptors (Lipinski definition) is 7.